The lowest BCUT2D eigenvalue weighted by atomic mass is 10.3. The average molecular weight is 243 g/mol. The minimum atomic E-state index is -0.0665. The molecule has 1 fully saturated rings. The van der Waals surface area contributed by atoms with Crippen LogP contribution in [-0.2, 0) is 6.42 Å². The van der Waals surface area contributed by atoms with Gasteiger partial charge in [-0.3, -0.25) is 4.79 Å². The van der Waals surface area contributed by atoms with E-state index in [1.165, 1.54) is 12.8 Å². The quantitative estimate of drug-likeness (QED) is 0.860. The second-order valence-corrected chi connectivity index (χ2v) is 4.35. The number of hydrogen-bond donors (Lipinski definition) is 1. The second-order valence-electron chi connectivity index (χ2n) is 3.56. The molecule has 13 heavy (non-hydrogen) atoms. The molecule has 0 bridgehead atoms. The first-order chi connectivity index (χ1) is 6.16. The summed E-state index contributed by atoms with van der Waals surface area (Å²) < 4.78 is 0.548. The number of aryl methyl sites for hydroxylation is 1. The number of rotatable bonds is 2. The lowest BCUT2D eigenvalue weighted by Crippen LogP contribution is -2.14. The van der Waals surface area contributed by atoms with Gasteiger partial charge in [0.25, 0.3) is 5.56 Å². The van der Waals surface area contributed by atoms with E-state index in [1.807, 2.05) is 6.92 Å². The van der Waals surface area contributed by atoms with Crippen LogP contribution < -0.4 is 5.56 Å². The van der Waals surface area contributed by atoms with Crippen molar-refractivity contribution in [3.05, 3.63) is 26.3 Å². The molecule has 0 spiro atoms. The van der Waals surface area contributed by atoms with Crippen LogP contribution in [0.3, 0.4) is 0 Å². The van der Waals surface area contributed by atoms with Crippen LogP contribution in [0.4, 0.5) is 0 Å². The maximum absolute atomic E-state index is 11.3. The van der Waals surface area contributed by atoms with Crippen molar-refractivity contribution in [2.45, 2.75) is 26.2 Å². The Morgan fingerprint density at radius 1 is 1.62 bits per heavy atom. The van der Waals surface area contributed by atoms with Gasteiger partial charge in [-0.05, 0) is 41.6 Å². The molecule has 2 rings (SSSR count). The summed E-state index contributed by atoms with van der Waals surface area (Å²) in [5, 5.41) is 0. The van der Waals surface area contributed by atoms with Crippen molar-refractivity contribution >= 4 is 15.9 Å². The molecule has 4 heteroatoms. The number of H-pyrrole nitrogens is 1. The van der Waals surface area contributed by atoms with Crippen molar-refractivity contribution in [2.24, 2.45) is 5.92 Å². The number of hydrogen-bond acceptors (Lipinski definition) is 2. The minimum absolute atomic E-state index is 0.0665. The van der Waals surface area contributed by atoms with E-state index < -0.39 is 0 Å². The molecule has 1 heterocycles. The summed E-state index contributed by atoms with van der Waals surface area (Å²) in [4.78, 5) is 18.4. The van der Waals surface area contributed by atoms with Crippen LogP contribution in [0.2, 0.25) is 0 Å². The van der Waals surface area contributed by atoms with Gasteiger partial charge < -0.3 is 4.98 Å². The first kappa shape index (κ1) is 8.94. The van der Waals surface area contributed by atoms with Crippen molar-refractivity contribution in [1.29, 1.82) is 0 Å². The number of aromatic nitrogens is 2. The Bertz CT molecular complexity index is 382. The number of aromatic amines is 1. The van der Waals surface area contributed by atoms with Crippen LogP contribution in [-0.4, -0.2) is 9.97 Å². The highest BCUT2D eigenvalue weighted by atomic mass is 79.9. The van der Waals surface area contributed by atoms with Crippen molar-refractivity contribution < 1.29 is 0 Å². The number of nitrogens with zero attached hydrogens (tertiary/aromatic N) is 1. The van der Waals surface area contributed by atoms with E-state index in [4.69, 9.17) is 0 Å². The Kier molecular flexibility index (Phi) is 2.24. The molecular weight excluding hydrogens is 232 g/mol. The van der Waals surface area contributed by atoms with Crippen LogP contribution in [0.5, 0.6) is 0 Å². The zero-order valence-electron chi connectivity index (χ0n) is 7.43. The van der Waals surface area contributed by atoms with Crippen molar-refractivity contribution in [1.82, 2.24) is 9.97 Å². The third-order valence-electron chi connectivity index (χ3n) is 2.26. The lowest BCUT2D eigenvalue weighted by molar-refractivity contribution is 0.755. The fourth-order valence-electron chi connectivity index (χ4n) is 1.32. The SMILES string of the molecule is Cc1nc(CC2CC2)[nH]c(=O)c1Br. The van der Waals surface area contributed by atoms with Gasteiger partial charge in [-0.1, -0.05) is 0 Å². The van der Waals surface area contributed by atoms with Gasteiger partial charge in [-0.25, -0.2) is 4.98 Å². The van der Waals surface area contributed by atoms with Gasteiger partial charge in [0, 0.05) is 6.42 Å². The van der Waals surface area contributed by atoms with Gasteiger partial charge in [0.15, 0.2) is 0 Å². The number of nitrogens with one attached hydrogen (secondary N) is 1. The maximum atomic E-state index is 11.3. The first-order valence-corrected chi connectivity index (χ1v) is 5.21. The molecule has 0 radical (unpaired) electrons. The van der Waals surface area contributed by atoms with Crippen molar-refractivity contribution in [3.8, 4) is 0 Å². The normalized spacial score (nSPS) is 16.2. The molecule has 1 aromatic rings. The summed E-state index contributed by atoms with van der Waals surface area (Å²) >= 11 is 3.19. The molecule has 3 nitrogen and oxygen atoms in total. The lowest BCUT2D eigenvalue weighted by Gasteiger charge is -2.01. The highest BCUT2D eigenvalue weighted by Crippen LogP contribution is 2.31. The van der Waals surface area contributed by atoms with E-state index in [1.54, 1.807) is 0 Å². The molecule has 0 unspecified atom stereocenters. The summed E-state index contributed by atoms with van der Waals surface area (Å²) in [5.74, 6) is 1.58. The van der Waals surface area contributed by atoms with Gasteiger partial charge in [0.1, 0.15) is 10.3 Å². The minimum Gasteiger partial charge on any atom is -0.310 e. The molecule has 1 aromatic heterocycles. The fraction of sp³-hybridized carbons (Fsp3) is 0.556. The zero-order valence-corrected chi connectivity index (χ0v) is 9.02. The molecule has 1 aliphatic carbocycles. The van der Waals surface area contributed by atoms with Gasteiger partial charge in [-0.2, -0.15) is 0 Å². The Labute approximate surface area is 84.7 Å². The monoisotopic (exact) mass is 242 g/mol. The smallest absolute Gasteiger partial charge is 0.265 e. The average Bonchev–Trinajstić information content (AvgIpc) is 2.84. The Morgan fingerprint density at radius 2 is 2.31 bits per heavy atom. The molecule has 0 aromatic carbocycles. The first-order valence-electron chi connectivity index (χ1n) is 4.42. The molecular formula is C9H11BrN2O. The maximum Gasteiger partial charge on any atom is 0.265 e. The molecule has 70 valence electrons. The molecule has 0 aliphatic heterocycles. The summed E-state index contributed by atoms with van der Waals surface area (Å²) in [6.45, 7) is 1.84. The highest BCUT2D eigenvalue weighted by molar-refractivity contribution is 9.10. The predicted octanol–water partition coefficient (Wildman–Crippen LogP) is 1.79. The Morgan fingerprint density at radius 3 is 2.85 bits per heavy atom. The van der Waals surface area contributed by atoms with Gasteiger partial charge in [0.05, 0.1) is 5.69 Å². The third kappa shape index (κ3) is 1.99. The molecule has 0 amide bonds. The predicted molar refractivity (Wildman–Crippen MR) is 53.7 cm³/mol. The van der Waals surface area contributed by atoms with E-state index >= 15 is 0 Å². The van der Waals surface area contributed by atoms with Crippen LogP contribution in [0.1, 0.15) is 24.4 Å². The van der Waals surface area contributed by atoms with E-state index in [-0.39, 0.29) is 5.56 Å². The summed E-state index contributed by atoms with van der Waals surface area (Å²) in [6, 6.07) is 0. The Hall–Kier alpha value is -0.640. The second kappa shape index (κ2) is 3.25. The topological polar surface area (TPSA) is 45.8 Å². The van der Waals surface area contributed by atoms with Crippen molar-refractivity contribution in [2.75, 3.05) is 0 Å². The highest BCUT2D eigenvalue weighted by Gasteiger charge is 2.22. The fourth-order valence-corrected chi connectivity index (χ4v) is 1.51. The van der Waals surface area contributed by atoms with Crippen LogP contribution in [0.25, 0.3) is 0 Å². The molecule has 0 atom stereocenters. The van der Waals surface area contributed by atoms with E-state index in [0.717, 1.165) is 23.9 Å². The summed E-state index contributed by atoms with van der Waals surface area (Å²) in [6.07, 6.45) is 3.47. The van der Waals surface area contributed by atoms with Crippen molar-refractivity contribution in [3.63, 3.8) is 0 Å². The van der Waals surface area contributed by atoms with Crippen LogP contribution >= 0.6 is 15.9 Å². The van der Waals surface area contributed by atoms with E-state index in [2.05, 4.69) is 25.9 Å². The van der Waals surface area contributed by atoms with Gasteiger partial charge in [-0.15, -0.1) is 0 Å². The molecule has 0 saturated heterocycles. The molecule has 1 N–H and O–H groups in total. The van der Waals surface area contributed by atoms with Gasteiger partial charge >= 0.3 is 0 Å². The molecule has 1 aliphatic rings. The third-order valence-corrected chi connectivity index (χ3v) is 3.19. The summed E-state index contributed by atoms with van der Waals surface area (Å²) in [7, 11) is 0. The largest absolute Gasteiger partial charge is 0.310 e. The van der Waals surface area contributed by atoms with E-state index in [9.17, 15) is 4.79 Å². The summed E-state index contributed by atoms with van der Waals surface area (Å²) in [5.41, 5.74) is 0.711. The van der Waals surface area contributed by atoms with E-state index in [0.29, 0.717) is 4.47 Å². The standard InChI is InChI=1S/C9H11BrN2O/c1-5-8(10)9(13)12-7(11-5)4-6-2-3-6/h6H,2-4H2,1H3,(H,11,12,13). The molecule has 1 saturated carbocycles. The Balaban J connectivity index is 2.31. The number of halogens is 1. The van der Waals surface area contributed by atoms with Crippen LogP contribution in [0.15, 0.2) is 9.27 Å². The van der Waals surface area contributed by atoms with Crippen LogP contribution in [0, 0.1) is 12.8 Å². The zero-order chi connectivity index (χ0) is 9.42. The van der Waals surface area contributed by atoms with Gasteiger partial charge in [0.2, 0.25) is 0 Å².